The van der Waals surface area contributed by atoms with Gasteiger partial charge in [0.05, 0.1) is 5.76 Å². The van der Waals surface area contributed by atoms with Gasteiger partial charge in [0.1, 0.15) is 0 Å². The Bertz CT molecular complexity index is 1090. The van der Waals surface area contributed by atoms with Crippen LogP contribution in [0.1, 0.15) is 57.2 Å². The Morgan fingerprint density at radius 3 is 2.09 bits per heavy atom. The Balaban J connectivity index is 0.000000383. The maximum atomic E-state index is 11.2. The van der Waals surface area contributed by atoms with E-state index in [9.17, 15) is 9.90 Å². The summed E-state index contributed by atoms with van der Waals surface area (Å²) in [4.78, 5) is 15.7. The number of benzene rings is 2. The topological polar surface area (TPSA) is 50.2 Å². The summed E-state index contributed by atoms with van der Waals surface area (Å²) >= 11 is 0. The molecule has 3 nitrogen and oxygen atoms in total. The predicted molar refractivity (Wildman–Crippen MR) is 143 cm³/mol. The number of hydrogen-bond acceptors (Lipinski definition) is 3. The molecule has 0 spiro atoms. The second-order valence-electron chi connectivity index (χ2n) is 9.85. The van der Waals surface area contributed by atoms with Gasteiger partial charge < -0.3 is 10.1 Å². The molecule has 2 aromatic carbocycles. The Morgan fingerprint density at radius 1 is 0.886 bits per heavy atom. The van der Waals surface area contributed by atoms with Gasteiger partial charge in [0.15, 0.2) is 5.78 Å². The van der Waals surface area contributed by atoms with Crippen LogP contribution in [-0.4, -0.2) is 15.9 Å². The monoisotopic (exact) mass is 649 g/mol. The minimum Gasteiger partial charge on any atom is -0.512 e. The molecule has 0 saturated carbocycles. The number of hydrogen-bond donors (Lipinski definition) is 1. The van der Waals surface area contributed by atoms with Gasteiger partial charge in [0, 0.05) is 45.2 Å². The third-order valence-electron chi connectivity index (χ3n) is 5.12. The molecule has 4 heteroatoms. The summed E-state index contributed by atoms with van der Waals surface area (Å²) in [5.74, 6) is 0.979. The van der Waals surface area contributed by atoms with E-state index in [1.807, 2.05) is 33.9 Å². The number of nitrogens with zero attached hydrogens (tertiary/aromatic N) is 1. The maximum Gasteiger partial charge on any atom is 0.159 e. The van der Waals surface area contributed by atoms with Gasteiger partial charge in [-0.25, -0.2) is 0 Å². The summed E-state index contributed by atoms with van der Waals surface area (Å²) in [6.07, 6.45) is 4.34. The molecule has 0 fully saturated rings. The largest absolute Gasteiger partial charge is 0.512 e. The first-order chi connectivity index (χ1) is 16.0. The zero-order chi connectivity index (χ0) is 25.3. The molecule has 1 heterocycles. The molecule has 0 saturated heterocycles. The number of aryl methyl sites for hydroxylation is 3. The van der Waals surface area contributed by atoms with Crippen molar-refractivity contribution in [3.8, 4) is 22.4 Å². The van der Waals surface area contributed by atoms with Crippen molar-refractivity contribution < 1.29 is 30.0 Å². The number of carbonyl (C=O) groups excluding carboxylic acids is 1. The van der Waals surface area contributed by atoms with Gasteiger partial charge in [-0.2, -0.15) is 0 Å². The van der Waals surface area contributed by atoms with Crippen LogP contribution < -0.4 is 0 Å². The number of pyridine rings is 1. The number of ketones is 1. The SMILES string of the molecule is CC(C)CC(=O)/C=C(\O)CC(C)C.Cc1[c-]c(-c2cc(-c3ccc(C)cc3)ccn2)cc(C)c1.[Ir]. The molecule has 189 valence electrons. The van der Waals surface area contributed by atoms with Crippen LogP contribution in [0, 0.1) is 38.7 Å². The first kappa shape index (κ1) is 30.5. The molecular weight excluding hydrogens is 611 g/mol. The average Bonchev–Trinajstić information content (AvgIpc) is 2.73. The van der Waals surface area contributed by atoms with Crippen LogP contribution in [0.2, 0.25) is 0 Å². The number of rotatable bonds is 7. The molecule has 3 rings (SSSR count). The molecule has 0 unspecified atom stereocenters. The van der Waals surface area contributed by atoms with Crippen molar-refractivity contribution in [3.05, 3.63) is 89.3 Å². The smallest absolute Gasteiger partial charge is 0.159 e. The van der Waals surface area contributed by atoms with Gasteiger partial charge in [0.2, 0.25) is 0 Å². The molecule has 1 radical (unpaired) electrons. The van der Waals surface area contributed by atoms with Gasteiger partial charge >= 0.3 is 0 Å². The normalized spacial score (nSPS) is 11.1. The van der Waals surface area contributed by atoms with E-state index in [2.05, 4.69) is 80.4 Å². The fourth-order valence-corrected chi connectivity index (χ4v) is 3.66. The van der Waals surface area contributed by atoms with Gasteiger partial charge in [-0.15, -0.1) is 34.9 Å². The number of carbonyl (C=O) groups is 1. The van der Waals surface area contributed by atoms with E-state index < -0.39 is 0 Å². The van der Waals surface area contributed by atoms with Crippen LogP contribution in [0.5, 0.6) is 0 Å². The predicted octanol–water partition coefficient (Wildman–Crippen LogP) is 8.23. The van der Waals surface area contributed by atoms with Gasteiger partial charge in [-0.05, 0) is 41.6 Å². The van der Waals surface area contributed by atoms with Crippen LogP contribution in [0.25, 0.3) is 22.4 Å². The standard InChI is InChI=1S/C20H18N.C11H20O2.Ir/c1-14-4-6-17(7-5-14)18-8-9-21-20(13-18)19-11-15(2)10-16(3)12-19;1-8(2)5-10(12)7-11(13)6-9(3)4;/h4-11,13H,1-3H3;7-9,12H,5-6H2,1-4H3;/q-1;;/b;10-7-;. The van der Waals surface area contributed by atoms with Crippen molar-refractivity contribution in [1.29, 1.82) is 0 Å². The van der Waals surface area contributed by atoms with E-state index >= 15 is 0 Å². The summed E-state index contributed by atoms with van der Waals surface area (Å²) in [5, 5.41) is 9.34. The molecular formula is C31H38IrNO2-. The number of allylic oxidation sites excluding steroid dienone is 2. The van der Waals surface area contributed by atoms with Crippen molar-refractivity contribution in [3.63, 3.8) is 0 Å². The Labute approximate surface area is 225 Å². The third kappa shape index (κ3) is 11.2. The fourth-order valence-electron chi connectivity index (χ4n) is 3.66. The van der Waals surface area contributed by atoms with E-state index in [-0.39, 0.29) is 31.6 Å². The maximum absolute atomic E-state index is 11.2. The van der Waals surface area contributed by atoms with Crippen LogP contribution in [0.15, 0.2) is 66.6 Å². The molecule has 0 bridgehead atoms. The Morgan fingerprint density at radius 2 is 1.51 bits per heavy atom. The second kappa shape index (κ2) is 14.8. The molecule has 0 aliphatic heterocycles. The Hall–Kier alpha value is -2.55. The summed E-state index contributed by atoms with van der Waals surface area (Å²) in [5.41, 5.74) is 8.09. The summed E-state index contributed by atoms with van der Waals surface area (Å²) in [6, 6.07) is 20.4. The summed E-state index contributed by atoms with van der Waals surface area (Å²) < 4.78 is 0. The van der Waals surface area contributed by atoms with Crippen molar-refractivity contribution >= 4 is 5.78 Å². The first-order valence-corrected chi connectivity index (χ1v) is 12.0. The average molecular weight is 649 g/mol. The van der Waals surface area contributed by atoms with Gasteiger partial charge in [-0.3, -0.25) is 4.79 Å². The zero-order valence-corrected chi connectivity index (χ0v) is 24.4. The van der Waals surface area contributed by atoms with E-state index in [1.54, 1.807) is 0 Å². The number of aliphatic hydroxyl groups is 1. The summed E-state index contributed by atoms with van der Waals surface area (Å²) in [6.45, 7) is 14.3. The van der Waals surface area contributed by atoms with Crippen molar-refractivity contribution in [2.24, 2.45) is 11.8 Å². The molecule has 0 aliphatic rings. The van der Waals surface area contributed by atoms with Crippen molar-refractivity contribution in [2.75, 3.05) is 0 Å². The molecule has 1 aromatic heterocycles. The molecule has 0 atom stereocenters. The molecule has 0 aliphatic carbocycles. The quantitative estimate of drug-likeness (QED) is 0.160. The number of aromatic nitrogens is 1. The van der Waals surface area contributed by atoms with E-state index in [1.165, 1.54) is 28.3 Å². The van der Waals surface area contributed by atoms with Crippen LogP contribution in [0.4, 0.5) is 0 Å². The number of aliphatic hydroxyl groups excluding tert-OH is 1. The molecule has 35 heavy (non-hydrogen) atoms. The van der Waals surface area contributed by atoms with Crippen molar-refractivity contribution in [1.82, 2.24) is 4.98 Å². The van der Waals surface area contributed by atoms with Crippen LogP contribution in [0.3, 0.4) is 0 Å². The van der Waals surface area contributed by atoms with Gasteiger partial charge in [0.25, 0.3) is 0 Å². The minimum atomic E-state index is 0. The second-order valence-corrected chi connectivity index (χ2v) is 9.85. The molecule has 3 aromatic rings. The zero-order valence-electron chi connectivity index (χ0n) is 22.0. The van der Waals surface area contributed by atoms with Crippen LogP contribution in [-0.2, 0) is 24.9 Å². The van der Waals surface area contributed by atoms with E-state index in [0.29, 0.717) is 24.7 Å². The third-order valence-corrected chi connectivity index (χ3v) is 5.12. The van der Waals surface area contributed by atoms with E-state index in [0.717, 1.165) is 16.8 Å². The van der Waals surface area contributed by atoms with Crippen molar-refractivity contribution in [2.45, 2.75) is 61.3 Å². The Kier molecular flexibility index (Phi) is 12.9. The summed E-state index contributed by atoms with van der Waals surface area (Å²) in [7, 11) is 0. The first-order valence-electron chi connectivity index (χ1n) is 12.0. The minimum absolute atomic E-state index is 0. The van der Waals surface area contributed by atoms with Crippen LogP contribution >= 0.6 is 0 Å². The van der Waals surface area contributed by atoms with E-state index in [4.69, 9.17) is 0 Å². The van der Waals surface area contributed by atoms with Gasteiger partial charge in [-0.1, -0.05) is 77.4 Å². The fraction of sp³-hybridized carbons (Fsp3) is 0.355. The molecule has 0 amide bonds. The molecule has 1 N–H and O–H groups in total.